The predicted molar refractivity (Wildman–Crippen MR) is 148 cm³/mol. The summed E-state index contributed by atoms with van der Waals surface area (Å²) in [5, 5.41) is 2.47. The maximum atomic E-state index is 4.78. The third-order valence-electron chi connectivity index (χ3n) is 6.49. The van der Waals surface area contributed by atoms with Crippen molar-refractivity contribution in [3.8, 4) is 0 Å². The van der Waals surface area contributed by atoms with Gasteiger partial charge < -0.3 is 4.30 Å². The molecule has 0 heterocycles. The highest BCUT2D eigenvalue weighted by Gasteiger charge is 2.21. The highest BCUT2D eigenvalue weighted by molar-refractivity contribution is 6.62. The van der Waals surface area contributed by atoms with Crippen LogP contribution in [0.25, 0.3) is 0 Å². The summed E-state index contributed by atoms with van der Waals surface area (Å²) in [5.41, 5.74) is 9.20. The quantitative estimate of drug-likeness (QED) is 0.240. The van der Waals surface area contributed by atoms with Gasteiger partial charge in [-0.05, 0) is 59.1 Å². The monoisotopic (exact) mass is 454 g/mol. The first kappa shape index (κ1) is 25.3. The third-order valence-corrected chi connectivity index (χ3v) is 9.16. The van der Waals surface area contributed by atoms with Crippen LogP contribution < -0.4 is 4.30 Å². The van der Waals surface area contributed by atoms with Crippen molar-refractivity contribution in [2.24, 2.45) is 4.99 Å². The summed E-state index contributed by atoms with van der Waals surface area (Å²) >= 11 is -1.15. The maximum absolute atomic E-state index is 4.78. The molecule has 0 aliphatic rings. The average Bonchev–Trinajstić information content (AvgIpc) is 2.81. The third kappa shape index (κ3) is 6.83. The Balaban J connectivity index is 1.77. The van der Waals surface area contributed by atoms with Crippen LogP contribution in [0.5, 0.6) is 0 Å². The maximum Gasteiger partial charge on any atom is 0.411 e. The second kappa shape index (κ2) is 12.2. The van der Waals surface area contributed by atoms with Gasteiger partial charge in [0, 0.05) is 11.9 Å². The van der Waals surface area contributed by atoms with Gasteiger partial charge in [0.05, 0.1) is 5.69 Å². The zero-order valence-corrected chi connectivity index (χ0v) is 22.4. The van der Waals surface area contributed by atoms with Crippen molar-refractivity contribution >= 4 is 32.0 Å². The minimum Gasteiger partial charge on any atom is -0.476 e. The van der Waals surface area contributed by atoms with E-state index in [1.165, 1.54) is 44.1 Å². The first-order chi connectivity index (χ1) is 15.9. The molecule has 0 aliphatic heterocycles. The highest BCUT2D eigenvalue weighted by Crippen LogP contribution is 2.33. The number of aryl methyl sites for hydroxylation is 2. The fourth-order valence-corrected chi connectivity index (χ4v) is 6.52. The lowest BCUT2D eigenvalue weighted by Crippen LogP contribution is -2.26. The fourth-order valence-electron chi connectivity index (χ4n) is 4.37. The molecule has 0 bridgehead atoms. The molecule has 172 valence electrons. The molecule has 0 aromatic heterocycles. The van der Waals surface area contributed by atoms with Crippen LogP contribution in [0.1, 0.15) is 74.3 Å². The summed E-state index contributed by atoms with van der Waals surface area (Å²) in [7, 11) is 0. The van der Waals surface area contributed by atoms with Crippen LogP contribution in [-0.4, -0.2) is 20.6 Å². The van der Waals surface area contributed by atoms with Crippen molar-refractivity contribution in [3.63, 3.8) is 0 Å². The molecule has 33 heavy (non-hydrogen) atoms. The van der Waals surface area contributed by atoms with Gasteiger partial charge in [-0.25, -0.2) is 0 Å². The summed E-state index contributed by atoms with van der Waals surface area (Å²) in [6.45, 7) is 13.7. The normalized spacial score (nSPS) is 11.5. The second-order valence-corrected chi connectivity index (χ2v) is 12.7. The van der Waals surface area contributed by atoms with E-state index in [0.29, 0.717) is 11.8 Å². The summed E-state index contributed by atoms with van der Waals surface area (Å²) in [5.74, 6) is 1.05. The molecule has 1 N–H and O–H groups in total. The molecular formula is C30H39AlN2. The Morgan fingerprint density at radius 2 is 1.48 bits per heavy atom. The van der Waals surface area contributed by atoms with Crippen LogP contribution in [0.15, 0.2) is 71.7 Å². The van der Waals surface area contributed by atoms with E-state index in [1.54, 1.807) is 0 Å². The molecule has 0 saturated heterocycles. The zero-order chi connectivity index (χ0) is 23.8. The van der Waals surface area contributed by atoms with Crippen molar-refractivity contribution in [1.82, 2.24) is 0 Å². The molecule has 3 aromatic rings. The molecule has 3 rings (SSSR count). The number of hydrogen-bond donors (Lipinski definition) is 1. The molecule has 0 spiro atoms. The van der Waals surface area contributed by atoms with Crippen molar-refractivity contribution in [2.75, 3.05) is 4.30 Å². The Morgan fingerprint density at radius 3 is 2.12 bits per heavy atom. The van der Waals surface area contributed by atoms with Crippen molar-refractivity contribution in [3.05, 3.63) is 94.5 Å². The molecule has 0 amide bonds. The highest BCUT2D eigenvalue weighted by atomic mass is 27.2. The molecule has 0 unspecified atom stereocenters. The molecule has 0 radical (unpaired) electrons. The van der Waals surface area contributed by atoms with Crippen LogP contribution >= 0.6 is 0 Å². The van der Waals surface area contributed by atoms with Gasteiger partial charge >= 0.3 is 14.4 Å². The fraction of sp³-hybridized carbons (Fsp3) is 0.367. The van der Waals surface area contributed by atoms with Gasteiger partial charge in [-0.1, -0.05) is 106 Å². The molecule has 3 heteroatoms. The van der Waals surface area contributed by atoms with E-state index >= 15 is 0 Å². The number of nitrogens with one attached hydrogen (secondary N) is 1. The van der Waals surface area contributed by atoms with Crippen LogP contribution in [-0.2, 0) is 6.42 Å². The van der Waals surface area contributed by atoms with Gasteiger partial charge in [0.2, 0.25) is 0 Å². The number of benzene rings is 3. The number of aliphatic imine (C=N–C) groups is 1. The van der Waals surface area contributed by atoms with Crippen molar-refractivity contribution in [1.29, 1.82) is 0 Å². The van der Waals surface area contributed by atoms with Crippen LogP contribution in [0, 0.1) is 6.92 Å². The summed E-state index contributed by atoms with van der Waals surface area (Å²) in [6.07, 6.45) is 3.13. The topological polar surface area (TPSA) is 24.4 Å². The number of anilines is 1. The van der Waals surface area contributed by atoms with Crippen LogP contribution in [0.3, 0.4) is 0 Å². The SMILES string of the molecule is C[CH2][Al]([CH2]Cc1ccccc1C=Nc1ccccc1C)[NH]c1c(C(C)C)cccc1C(C)C. The molecule has 0 aliphatic carbocycles. The number of hydrogen-bond acceptors (Lipinski definition) is 2. The lowest BCUT2D eigenvalue weighted by Gasteiger charge is -2.24. The lowest BCUT2D eigenvalue weighted by atomic mass is 9.93. The number of nitrogens with zero attached hydrogens (tertiary/aromatic N) is 1. The Hall–Kier alpha value is -2.34. The van der Waals surface area contributed by atoms with Gasteiger partial charge in [0.25, 0.3) is 0 Å². The van der Waals surface area contributed by atoms with E-state index < -0.39 is 14.4 Å². The van der Waals surface area contributed by atoms with Gasteiger partial charge in [0.15, 0.2) is 0 Å². The number of para-hydroxylation sites is 2. The molecule has 2 nitrogen and oxygen atoms in total. The molecular weight excluding hydrogens is 415 g/mol. The van der Waals surface area contributed by atoms with Crippen molar-refractivity contribution < 1.29 is 0 Å². The Bertz CT molecular complexity index is 1040. The van der Waals surface area contributed by atoms with Crippen LogP contribution in [0.2, 0.25) is 10.6 Å². The van der Waals surface area contributed by atoms with Gasteiger partial charge in [-0.15, -0.1) is 0 Å². The van der Waals surface area contributed by atoms with Gasteiger partial charge in [-0.3, -0.25) is 4.99 Å². The molecule has 3 aromatic carbocycles. The van der Waals surface area contributed by atoms with E-state index in [2.05, 4.69) is 113 Å². The Kier molecular flexibility index (Phi) is 9.36. The largest absolute Gasteiger partial charge is 0.476 e. The standard InChI is InChI=1S/C16H16N.C12H18N.C2H5.Al/c1-3-14-9-5-6-10-15(14)12-17-16-11-7-4-8-13(16)2;1-8(2)10-6-5-7-11(9(3)4)12(10)13;1-2;/h4-12H,1,3H2,2H3;5-9,13H,1-4H3;1H2,2H3;/q;-1;;+1. The van der Waals surface area contributed by atoms with E-state index in [9.17, 15) is 0 Å². The lowest BCUT2D eigenvalue weighted by molar-refractivity contribution is 0.839. The van der Waals surface area contributed by atoms with E-state index in [0.717, 1.165) is 12.1 Å². The molecule has 0 atom stereocenters. The van der Waals surface area contributed by atoms with Gasteiger partial charge in [-0.2, -0.15) is 0 Å². The van der Waals surface area contributed by atoms with E-state index in [4.69, 9.17) is 4.99 Å². The zero-order valence-electron chi connectivity index (χ0n) is 21.2. The Morgan fingerprint density at radius 1 is 0.848 bits per heavy atom. The predicted octanol–water partition coefficient (Wildman–Crippen LogP) is 8.66. The second-order valence-electron chi connectivity index (χ2n) is 9.65. The molecule has 0 saturated carbocycles. The number of rotatable bonds is 10. The van der Waals surface area contributed by atoms with E-state index in [-0.39, 0.29) is 0 Å². The van der Waals surface area contributed by atoms with E-state index in [1.807, 2.05) is 6.21 Å². The van der Waals surface area contributed by atoms with Crippen molar-refractivity contribution in [2.45, 2.75) is 70.4 Å². The first-order valence-corrected chi connectivity index (χ1v) is 14.7. The Labute approximate surface area is 205 Å². The first-order valence-electron chi connectivity index (χ1n) is 12.5. The average molecular weight is 455 g/mol. The summed E-state index contributed by atoms with van der Waals surface area (Å²) < 4.78 is 4.09. The minimum absolute atomic E-state index is 0.524. The van der Waals surface area contributed by atoms with Crippen LogP contribution in [0.4, 0.5) is 11.4 Å². The summed E-state index contributed by atoms with van der Waals surface area (Å²) in [4.78, 5) is 4.78. The molecule has 0 fully saturated rings. The van der Waals surface area contributed by atoms with Gasteiger partial charge in [0.1, 0.15) is 0 Å². The smallest absolute Gasteiger partial charge is 0.411 e. The summed E-state index contributed by atoms with van der Waals surface area (Å²) in [6, 6.07) is 23.9. The minimum atomic E-state index is -1.15.